The van der Waals surface area contributed by atoms with Gasteiger partial charge in [0.15, 0.2) is 0 Å². The summed E-state index contributed by atoms with van der Waals surface area (Å²) in [5, 5.41) is 10.1. The number of hydrogen-bond donors (Lipinski definition) is 1. The number of aryl methyl sites for hydroxylation is 1. The van der Waals surface area contributed by atoms with Gasteiger partial charge in [0, 0.05) is 12.3 Å². The zero-order valence-electron chi connectivity index (χ0n) is 15.2. The maximum absolute atomic E-state index is 10.1. The van der Waals surface area contributed by atoms with Gasteiger partial charge in [-0.25, -0.2) is 4.98 Å². The van der Waals surface area contributed by atoms with Crippen molar-refractivity contribution in [2.24, 2.45) is 0 Å². The first-order chi connectivity index (χ1) is 12.0. The largest absolute Gasteiger partial charge is 0.474 e. The van der Waals surface area contributed by atoms with Gasteiger partial charge in [-0.15, -0.1) is 0 Å². The fourth-order valence-corrected chi connectivity index (χ4v) is 4.31. The molecule has 1 aromatic heterocycles. The second-order valence-corrected chi connectivity index (χ2v) is 7.93. The van der Waals surface area contributed by atoms with Crippen LogP contribution in [0.4, 0.5) is 0 Å². The summed E-state index contributed by atoms with van der Waals surface area (Å²) in [7, 11) is 0. The molecule has 2 aliphatic carbocycles. The predicted octanol–water partition coefficient (Wildman–Crippen LogP) is 4.62. The van der Waals surface area contributed by atoms with E-state index in [-0.39, 0.29) is 6.10 Å². The van der Waals surface area contributed by atoms with E-state index in [1.807, 2.05) is 13.1 Å². The lowest BCUT2D eigenvalue weighted by atomic mass is 9.85. The van der Waals surface area contributed by atoms with Crippen LogP contribution in [-0.4, -0.2) is 21.8 Å². The summed E-state index contributed by atoms with van der Waals surface area (Å²) in [5.74, 6) is 0.698. The van der Waals surface area contributed by atoms with Crippen LogP contribution in [0.1, 0.15) is 55.7 Å². The fraction of sp³-hybridized carbons (Fsp3) is 0.500. The maximum atomic E-state index is 10.1. The Morgan fingerprint density at radius 3 is 2.76 bits per heavy atom. The molecule has 25 heavy (non-hydrogen) atoms. The second kappa shape index (κ2) is 6.45. The Kier molecular flexibility index (Phi) is 4.28. The van der Waals surface area contributed by atoms with Crippen molar-refractivity contribution in [1.29, 1.82) is 0 Å². The predicted molar refractivity (Wildman–Crippen MR) is 99.9 cm³/mol. The number of aliphatic hydroxyl groups is 1. The molecule has 0 aliphatic heterocycles. The quantitative estimate of drug-likeness (QED) is 0.889. The van der Waals surface area contributed by atoms with Gasteiger partial charge in [0.1, 0.15) is 6.10 Å². The average Bonchev–Trinajstić information content (AvgIpc) is 3.07. The first-order valence-electron chi connectivity index (χ1n) is 9.49. The number of hydrogen-bond acceptors (Lipinski definition) is 3. The molecule has 1 N–H and O–H groups in total. The fourth-order valence-electron chi connectivity index (χ4n) is 4.31. The normalized spacial score (nSPS) is 25.6. The number of aromatic nitrogens is 1. The third-order valence-corrected chi connectivity index (χ3v) is 5.91. The first kappa shape index (κ1) is 16.6. The molecular weight excluding hydrogens is 310 g/mol. The molecule has 2 aliphatic rings. The molecular formula is C22H27NO2. The van der Waals surface area contributed by atoms with Crippen LogP contribution in [0.25, 0.3) is 11.1 Å². The number of nitrogens with zero attached hydrogens (tertiary/aromatic N) is 1. The third kappa shape index (κ3) is 3.43. The molecule has 3 nitrogen and oxygen atoms in total. The summed E-state index contributed by atoms with van der Waals surface area (Å²) in [5.41, 5.74) is 6.39. The van der Waals surface area contributed by atoms with E-state index in [9.17, 15) is 5.11 Å². The molecule has 4 rings (SSSR count). The monoisotopic (exact) mass is 337 g/mol. The minimum atomic E-state index is -0.531. The van der Waals surface area contributed by atoms with Crippen molar-refractivity contribution in [3.63, 3.8) is 0 Å². The van der Waals surface area contributed by atoms with Gasteiger partial charge in [-0.3, -0.25) is 0 Å². The van der Waals surface area contributed by atoms with E-state index in [2.05, 4.69) is 36.2 Å². The van der Waals surface area contributed by atoms with E-state index in [0.29, 0.717) is 5.88 Å². The highest BCUT2D eigenvalue weighted by atomic mass is 16.5. The maximum Gasteiger partial charge on any atom is 0.214 e. The molecule has 0 unspecified atom stereocenters. The van der Waals surface area contributed by atoms with Gasteiger partial charge >= 0.3 is 0 Å². The molecule has 132 valence electrons. The zero-order chi connectivity index (χ0) is 17.4. The third-order valence-electron chi connectivity index (χ3n) is 5.91. The van der Waals surface area contributed by atoms with Crippen LogP contribution in [0.15, 0.2) is 30.5 Å². The lowest BCUT2D eigenvalue weighted by Crippen LogP contribution is -2.34. The highest BCUT2D eigenvalue weighted by Gasteiger charge is 2.29. The molecule has 0 atom stereocenters. The highest BCUT2D eigenvalue weighted by molar-refractivity contribution is 5.70. The van der Waals surface area contributed by atoms with E-state index >= 15 is 0 Å². The molecule has 1 saturated carbocycles. The molecule has 0 spiro atoms. The van der Waals surface area contributed by atoms with Crippen molar-refractivity contribution < 1.29 is 9.84 Å². The Bertz CT molecular complexity index is 772. The molecule has 0 saturated heterocycles. The lowest BCUT2D eigenvalue weighted by molar-refractivity contribution is -0.0117. The van der Waals surface area contributed by atoms with Gasteiger partial charge in [-0.2, -0.15) is 0 Å². The van der Waals surface area contributed by atoms with Crippen LogP contribution in [0.3, 0.4) is 0 Å². The standard InChI is InChI=1S/C22H27NO2/c1-15-19-5-3-4-16(19)6-7-20(15)17-10-13-23-21(14-17)25-18-8-11-22(2,24)12-9-18/h6-7,10,13-14,18,24H,3-5,8-9,11-12H2,1-2H3. The van der Waals surface area contributed by atoms with E-state index in [0.717, 1.165) is 25.7 Å². The molecule has 1 fully saturated rings. The number of ether oxygens (including phenoxy) is 1. The Morgan fingerprint density at radius 2 is 1.96 bits per heavy atom. The zero-order valence-corrected chi connectivity index (χ0v) is 15.2. The summed E-state index contributed by atoms with van der Waals surface area (Å²) < 4.78 is 6.12. The number of pyridine rings is 1. The Balaban J connectivity index is 1.54. The van der Waals surface area contributed by atoms with Crippen molar-refractivity contribution in [1.82, 2.24) is 4.98 Å². The topological polar surface area (TPSA) is 42.4 Å². The summed E-state index contributed by atoms with van der Waals surface area (Å²) in [4.78, 5) is 4.41. The highest BCUT2D eigenvalue weighted by Crippen LogP contribution is 2.34. The van der Waals surface area contributed by atoms with E-state index in [1.54, 1.807) is 0 Å². The second-order valence-electron chi connectivity index (χ2n) is 7.93. The van der Waals surface area contributed by atoms with Gasteiger partial charge in [0.25, 0.3) is 0 Å². The average molecular weight is 337 g/mol. The van der Waals surface area contributed by atoms with E-state index in [1.165, 1.54) is 47.1 Å². The SMILES string of the molecule is Cc1c(-c2ccnc(OC3CCC(C)(O)CC3)c2)ccc2c1CCC2. The lowest BCUT2D eigenvalue weighted by Gasteiger charge is -2.32. The Morgan fingerprint density at radius 1 is 1.16 bits per heavy atom. The van der Waals surface area contributed by atoms with Crippen LogP contribution >= 0.6 is 0 Å². The van der Waals surface area contributed by atoms with Gasteiger partial charge in [0.2, 0.25) is 5.88 Å². The number of fused-ring (bicyclic) bond motifs is 1. The Labute approximate surface area is 150 Å². The van der Waals surface area contributed by atoms with Crippen LogP contribution in [0, 0.1) is 6.92 Å². The minimum absolute atomic E-state index is 0.157. The summed E-state index contributed by atoms with van der Waals surface area (Å²) in [6.45, 7) is 4.16. The van der Waals surface area contributed by atoms with Crippen LogP contribution in [0.5, 0.6) is 5.88 Å². The molecule has 1 heterocycles. The van der Waals surface area contributed by atoms with Crippen LogP contribution < -0.4 is 4.74 Å². The molecule has 1 aromatic carbocycles. The van der Waals surface area contributed by atoms with Gasteiger partial charge < -0.3 is 9.84 Å². The van der Waals surface area contributed by atoms with Gasteiger partial charge in [-0.1, -0.05) is 12.1 Å². The summed E-state index contributed by atoms with van der Waals surface area (Å²) >= 11 is 0. The van der Waals surface area contributed by atoms with Crippen molar-refractivity contribution in [2.45, 2.75) is 70.5 Å². The Hall–Kier alpha value is -1.87. The number of rotatable bonds is 3. The molecule has 3 heteroatoms. The minimum Gasteiger partial charge on any atom is -0.474 e. The number of benzene rings is 1. The van der Waals surface area contributed by atoms with Crippen molar-refractivity contribution >= 4 is 0 Å². The summed E-state index contributed by atoms with van der Waals surface area (Å²) in [6.07, 6.45) is 9.05. The van der Waals surface area contributed by atoms with Crippen molar-refractivity contribution in [3.05, 3.63) is 47.2 Å². The van der Waals surface area contributed by atoms with Crippen molar-refractivity contribution in [2.75, 3.05) is 0 Å². The van der Waals surface area contributed by atoms with Crippen LogP contribution in [0.2, 0.25) is 0 Å². The van der Waals surface area contributed by atoms with Gasteiger partial charge in [-0.05, 0) is 92.7 Å². The van der Waals surface area contributed by atoms with Gasteiger partial charge in [0.05, 0.1) is 5.60 Å². The molecule has 0 bridgehead atoms. The molecule has 0 amide bonds. The first-order valence-corrected chi connectivity index (χ1v) is 9.49. The van der Waals surface area contributed by atoms with E-state index < -0.39 is 5.60 Å². The van der Waals surface area contributed by atoms with Crippen LogP contribution in [-0.2, 0) is 12.8 Å². The van der Waals surface area contributed by atoms with Crippen molar-refractivity contribution in [3.8, 4) is 17.0 Å². The smallest absolute Gasteiger partial charge is 0.214 e. The molecule has 0 radical (unpaired) electrons. The summed E-state index contributed by atoms with van der Waals surface area (Å²) in [6, 6.07) is 8.67. The van der Waals surface area contributed by atoms with E-state index in [4.69, 9.17) is 4.74 Å². The molecule has 2 aromatic rings.